The standard InChI is InChI=1S/C18H14F2N4O2/c1-24-17(25)7-5-15(23-24)18(26)22-16-6-3-12(10-21-16)8-11-2-4-13(19)14(20)9-11/h2-7,9-10H,8H2,1H3,(H,21,22,26). The largest absolute Gasteiger partial charge is 0.305 e. The number of aromatic nitrogens is 3. The summed E-state index contributed by atoms with van der Waals surface area (Å²) in [6, 6.07) is 9.60. The number of carbonyl (C=O) groups excluding carboxylic acids is 1. The van der Waals surface area contributed by atoms with Gasteiger partial charge in [-0.15, -0.1) is 0 Å². The summed E-state index contributed by atoms with van der Waals surface area (Å²) in [5.74, 6) is -1.98. The van der Waals surface area contributed by atoms with E-state index in [1.54, 1.807) is 12.1 Å². The van der Waals surface area contributed by atoms with Crippen LogP contribution in [0.1, 0.15) is 21.6 Å². The second kappa shape index (κ2) is 7.22. The van der Waals surface area contributed by atoms with Crippen molar-refractivity contribution in [3.8, 4) is 0 Å². The Balaban J connectivity index is 1.68. The van der Waals surface area contributed by atoms with E-state index in [1.807, 2.05) is 0 Å². The molecule has 0 saturated heterocycles. The SMILES string of the molecule is Cn1nc(C(=O)Nc2ccc(Cc3ccc(F)c(F)c3)cn2)ccc1=O. The number of anilines is 1. The molecule has 0 fully saturated rings. The Kier molecular flexibility index (Phi) is 4.83. The Hall–Kier alpha value is -3.42. The van der Waals surface area contributed by atoms with E-state index >= 15 is 0 Å². The molecule has 0 aliphatic rings. The van der Waals surface area contributed by atoms with Crippen molar-refractivity contribution >= 4 is 11.7 Å². The van der Waals surface area contributed by atoms with Gasteiger partial charge in [-0.25, -0.2) is 18.4 Å². The Labute approximate surface area is 147 Å². The number of hydrogen-bond acceptors (Lipinski definition) is 4. The lowest BCUT2D eigenvalue weighted by molar-refractivity contribution is 0.101. The highest BCUT2D eigenvalue weighted by atomic mass is 19.2. The van der Waals surface area contributed by atoms with Gasteiger partial charge in [0.2, 0.25) is 0 Å². The molecule has 26 heavy (non-hydrogen) atoms. The van der Waals surface area contributed by atoms with Crippen LogP contribution in [0.4, 0.5) is 14.6 Å². The van der Waals surface area contributed by atoms with Crippen LogP contribution in [0.2, 0.25) is 0 Å². The first-order valence-corrected chi connectivity index (χ1v) is 7.67. The molecule has 0 aliphatic carbocycles. The third kappa shape index (κ3) is 3.97. The Morgan fingerprint density at radius 1 is 1.08 bits per heavy atom. The third-order valence-electron chi connectivity index (χ3n) is 3.65. The Morgan fingerprint density at radius 2 is 1.85 bits per heavy atom. The van der Waals surface area contributed by atoms with E-state index < -0.39 is 17.5 Å². The summed E-state index contributed by atoms with van der Waals surface area (Å²) < 4.78 is 27.2. The molecule has 1 aromatic carbocycles. The van der Waals surface area contributed by atoms with Gasteiger partial charge in [0.25, 0.3) is 11.5 Å². The molecule has 0 spiro atoms. The summed E-state index contributed by atoms with van der Waals surface area (Å²) >= 11 is 0. The van der Waals surface area contributed by atoms with Gasteiger partial charge in [-0.3, -0.25) is 9.59 Å². The molecule has 0 bridgehead atoms. The van der Waals surface area contributed by atoms with Crippen LogP contribution in [0.3, 0.4) is 0 Å². The van der Waals surface area contributed by atoms with Crippen LogP contribution in [0.5, 0.6) is 0 Å². The first kappa shape index (κ1) is 17.4. The number of halogens is 2. The number of pyridine rings is 1. The quantitative estimate of drug-likeness (QED) is 0.778. The topological polar surface area (TPSA) is 76.9 Å². The number of carbonyl (C=O) groups is 1. The maximum absolute atomic E-state index is 13.2. The van der Waals surface area contributed by atoms with Gasteiger partial charge >= 0.3 is 0 Å². The predicted molar refractivity (Wildman–Crippen MR) is 90.8 cm³/mol. The van der Waals surface area contributed by atoms with Crippen molar-refractivity contribution in [2.45, 2.75) is 6.42 Å². The lowest BCUT2D eigenvalue weighted by Crippen LogP contribution is -2.23. The predicted octanol–water partition coefficient (Wildman–Crippen LogP) is 2.30. The molecule has 0 radical (unpaired) electrons. The highest BCUT2D eigenvalue weighted by Crippen LogP contribution is 2.14. The molecule has 132 valence electrons. The molecule has 1 amide bonds. The van der Waals surface area contributed by atoms with Crippen molar-refractivity contribution in [3.05, 3.63) is 87.5 Å². The van der Waals surface area contributed by atoms with Gasteiger partial charge in [0.15, 0.2) is 11.6 Å². The van der Waals surface area contributed by atoms with Crippen molar-refractivity contribution in [2.75, 3.05) is 5.32 Å². The third-order valence-corrected chi connectivity index (χ3v) is 3.65. The fourth-order valence-corrected chi connectivity index (χ4v) is 2.29. The molecule has 0 unspecified atom stereocenters. The van der Waals surface area contributed by atoms with Gasteiger partial charge in [0.1, 0.15) is 11.5 Å². The zero-order chi connectivity index (χ0) is 18.7. The molecular weight excluding hydrogens is 342 g/mol. The Morgan fingerprint density at radius 3 is 2.50 bits per heavy atom. The highest BCUT2D eigenvalue weighted by molar-refractivity contribution is 6.02. The smallest absolute Gasteiger partial charge is 0.277 e. The zero-order valence-corrected chi connectivity index (χ0v) is 13.7. The number of benzene rings is 1. The first-order chi connectivity index (χ1) is 12.4. The molecule has 0 aliphatic heterocycles. The van der Waals surface area contributed by atoms with Crippen molar-refractivity contribution < 1.29 is 13.6 Å². The second-order valence-electron chi connectivity index (χ2n) is 5.61. The van der Waals surface area contributed by atoms with E-state index in [2.05, 4.69) is 15.4 Å². The van der Waals surface area contributed by atoms with Gasteiger partial charge in [-0.05, 0) is 41.8 Å². The van der Waals surface area contributed by atoms with E-state index in [0.29, 0.717) is 17.8 Å². The minimum Gasteiger partial charge on any atom is -0.305 e. The summed E-state index contributed by atoms with van der Waals surface area (Å²) in [7, 11) is 1.45. The summed E-state index contributed by atoms with van der Waals surface area (Å²) in [5.41, 5.74) is 1.15. The molecule has 2 aromatic heterocycles. The van der Waals surface area contributed by atoms with Crippen molar-refractivity contribution in [2.24, 2.45) is 7.05 Å². The van der Waals surface area contributed by atoms with Gasteiger partial charge in [-0.1, -0.05) is 12.1 Å². The normalized spacial score (nSPS) is 10.6. The van der Waals surface area contributed by atoms with E-state index in [1.165, 1.54) is 31.4 Å². The fourth-order valence-electron chi connectivity index (χ4n) is 2.29. The van der Waals surface area contributed by atoms with Crippen LogP contribution in [-0.4, -0.2) is 20.7 Å². The van der Waals surface area contributed by atoms with E-state index in [4.69, 9.17) is 0 Å². The number of amides is 1. The summed E-state index contributed by atoms with van der Waals surface area (Å²) in [6.45, 7) is 0. The molecule has 2 heterocycles. The van der Waals surface area contributed by atoms with E-state index in [-0.39, 0.29) is 11.3 Å². The van der Waals surface area contributed by atoms with Crippen LogP contribution < -0.4 is 10.9 Å². The van der Waals surface area contributed by atoms with E-state index in [0.717, 1.165) is 22.4 Å². The minimum atomic E-state index is -0.899. The van der Waals surface area contributed by atoms with Gasteiger partial charge < -0.3 is 5.32 Å². The number of hydrogen-bond donors (Lipinski definition) is 1. The van der Waals surface area contributed by atoms with E-state index in [9.17, 15) is 18.4 Å². The lowest BCUT2D eigenvalue weighted by atomic mass is 10.1. The monoisotopic (exact) mass is 356 g/mol. The van der Waals surface area contributed by atoms with Gasteiger partial charge in [0, 0.05) is 19.3 Å². The van der Waals surface area contributed by atoms with Crippen LogP contribution in [0, 0.1) is 11.6 Å². The molecule has 0 saturated carbocycles. The van der Waals surface area contributed by atoms with Crippen LogP contribution in [0.25, 0.3) is 0 Å². The summed E-state index contributed by atoms with van der Waals surface area (Å²) in [4.78, 5) is 27.5. The Bertz CT molecular complexity index is 1020. The number of rotatable bonds is 4. The second-order valence-corrected chi connectivity index (χ2v) is 5.61. The van der Waals surface area contributed by atoms with Crippen molar-refractivity contribution in [1.82, 2.24) is 14.8 Å². The van der Waals surface area contributed by atoms with Crippen molar-refractivity contribution in [3.63, 3.8) is 0 Å². The molecule has 3 aromatic rings. The molecule has 8 heteroatoms. The highest BCUT2D eigenvalue weighted by Gasteiger charge is 2.10. The number of aryl methyl sites for hydroxylation is 1. The maximum Gasteiger partial charge on any atom is 0.277 e. The fraction of sp³-hybridized carbons (Fsp3) is 0.111. The number of nitrogens with zero attached hydrogens (tertiary/aromatic N) is 3. The zero-order valence-electron chi connectivity index (χ0n) is 13.7. The van der Waals surface area contributed by atoms with Crippen LogP contribution in [-0.2, 0) is 13.5 Å². The minimum absolute atomic E-state index is 0.0831. The molecule has 3 rings (SSSR count). The van der Waals surface area contributed by atoms with Crippen LogP contribution in [0.15, 0.2) is 53.5 Å². The van der Waals surface area contributed by atoms with Gasteiger partial charge in [-0.2, -0.15) is 5.10 Å². The van der Waals surface area contributed by atoms with Crippen molar-refractivity contribution in [1.29, 1.82) is 0 Å². The first-order valence-electron chi connectivity index (χ1n) is 7.67. The molecule has 0 atom stereocenters. The molecular formula is C18H14F2N4O2. The van der Waals surface area contributed by atoms with Crippen LogP contribution >= 0.6 is 0 Å². The number of nitrogens with one attached hydrogen (secondary N) is 1. The average molecular weight is 356 g/mol. The summed E-state index contributed by atoms with van der Waals surface area (Å²) in [6.07, 6.45) is 1.91. The maximum atomic E-state index is 13.2. The lowest BCUT2D eigenvalue weighted by Gasteiger charge is -2.06. The average Bonchev–Trinajstić information content (AvgIpc) is 2.62. The summed E-state index contributed by atoms with van der Waals surface area (Å²) in [5, 5.41) is 6.43. The molecule has 1 N–H and O–H groups in total. The molecule has 6 nitrogen and oxygen atoms in total. The van der Waals surface area contributed by atoms with Gasteiger partial charge in [0.05, 0.1) is 0 Å².